The van der Waals surface area contributed by atoms with E-state index in [1.807, 2.05) is 6.92 Å². The summed E-state index contributed by atoms with van der Waals surface area (Å²) in [4.78, 5) is 27.6. The molecule has 1 N–H and O–H groups in total. The molecule has 0 bridgehead atoms. The van der Waals surface area contributed by atoms with Gasteiger partial charge in [-0.2, -0.15) is 0 Å². The average molecular weight is 498 g/mol. The van der Waals surface area contributed by atoms with Crippen LogP contribution in [0, 0.1) is 6.92 Å². The van der Waals surface area contributed by atoms with Crippen molar-refractivity contribution in [2.45, 2.75) is 58.2 Å². The Morgan fingerprint density at radius 3 is 2.47 bits per heavy atom. The number of benzene rings is 2. The molecule has 8 heteroatoms. The summed E-state index contributed by atoms with van der Waals surface area (Å²) in [5.74, 6) is 0.0307. The minimum atomic E-state index is -0.689. The summed E-state index contributed by atoms with van der Waals surface area (Å²) in [7, 11) is 0. The number of carbonyl (C=O) groups is 2. The van der Waals surface area contributed by atoms with Gasteiger partial charge in [-0.1, -0.05) is 53.7 Å². The molecule has 1 atom stereocenters. The Hall–Kier alpha value is -1.95. The Morgan fingerprint density at radius 2 is 1.81 bits per heavy atom. The molecule has 1 saturated carbocycles. The van der Waals surface area contributed by atoms with E-state index in [9.17, 15) is 9.59 Å². The second-order valence-electron chi connectivity index (χ2n) is 8.12. The molecule has 0 heterocycles. The van der Waals surface area contributed by atoms with E-state index in [1.165, 1.54) is 4.90 Å². The van der Waals surface area contributed by atoms with Gasteiger partial charge in [-0.15, -0.1) is 0 Å². The van der Waals surface area contributed by atoms with E-state index >= 15 is 0 Å². The molecule has 3 rings (SSSR count). The summed E-state index contributed by atoms with van der Waals surface area (Å²) in [6, 6.07) is 9.76. The largest absolute Gasteiger partial charge is 0.484 e. The van der Waals surface area contributed by atoms with Crippen molar-refractivity contribution in [2.24, 2.45) is 0 Å². The quantitative estimate of drug-likeness (QED) is 0.501. The molecular formula is C24H27Cl3N2O3. The zero-order valence-corrected chi connectivity index (χ0v) is 20.4. The van der Waals surface area contributed by atoms with Gasteiger partial charge in [-0.3, -0.25) is 9.59 Å². The maximum absolute atomic E-state index is 13.2. The van der Waals surface area contributed by atoms with Gasteiger partial charge in [0.25, 0.3) is 5.91 Å². The van der Waals surface area contributed by atoms with Crippen LogP contribution >= 0.6 is 34.8 Å². The molecule has 1 aliphatic carbocycles. The lowest BCUT2D eigenvalue weighted by molar-refractivity contribution is -0.142. The number of aryl methyl sites for hydroxylation is 1. The van der Waals surface area contributed by atoms with Crippen LogP contribution in [0.5, 0.6) is 5.75 Å². The molecule has 5 nitrogen and oxygen atoms in total. The Morgan fingerprint density at radius 1 is 1.09 bits per heavy atom. The predicted molar refractivity (Wildman–Crippen MR) is 129 cm³/mol. The first-order chi connectivity index (χ1) is 15.2. The van der Waals surface area contributed by atoms with E-state index in [-0.39, 0.29) is 31.0 Å². The number of carbonyl (C=O) groups excluding carboxylic acids is 2. The third kappa shape index (κ3) is 6.53. The first kappa shape index (κ1) is 24.7. The Bertz CT molecular complexity index is 977. The van der Waals surface area contributed by atoms with Gasteiger partial charge in [-0.05, 0) is 68.1 Å². The lowest BCUT2D eigenvalue weighted by Crippen LogP contribution is -2.50. The SMILES string of the molecule is Cc1cc(OCC(=O)N(Cc2ccc(Cl)cc2Cl)[C@H](C)C(=O)NC2CCCC2)ccc1Cl. The van der Waals surface area contributed by atoms with E-state index in [2.05, 4.69) is 5.32 Å². The topological polar surface area (TPSA) is 58.6 Å². The molecule has 2 aromatic carbocycles. The van der Waals surface area contributed by atoms with Gasteiger partial charge in [0.1, 0.15) is 11.8 Å². The molecule has 0 aromatic heterocycles. The van der Waals surface area contributed by atoms with Crippen molar-refractivity contribution in [1.29, 1.82) is 0 Å². The number of rotatable bonds is 8. The van der Waals surface area contributed by atoms with Gasteiger partial charge in [-0.25, -0.2) is 0 Å². The number of halogens is 3. The maximum atomic E-state index is 13.2. The molecule has 172 valence electrons. The zero-order chi connectivity index (χ0) is 23.3. The van der Waals surface area contributed by atoms with E-state index in [1.54, 1.807) is 43.3 Å². The summed E-state index contributed by atoms with van der Waals surface area (Å²) >= 11 is 18.4. The van der Waals surface area contributed by atoms with Crippen LogP contribution in [-0.4, -0.2) is 35.4 Å². The van der Waals surface area contributed by atoms with E-state index in [4.69, 9.17) is 39.5 Å². The van der Waals surface area contributed by atoms with Gasteiger partial charge < -0.3 is 15.0 Å². The molecule has 0 saturated heterocycles. The highest BCUT2D eigenvalue weighted by atomic mass is 35.5. The second-order valence-corrected chi connectivity index (χ2v) is 9.37. The molecule has 32 heavy (non-hydrogen) atoms. The van der Waals surface area contributed by atoms with Crippen LogP contribution in [0.3, 0.4) is 0 Å². The maximum Gasteiger partial charge on any atom is 0.261 e. The van der Waals surface area contributed by atoms with Crippen LogP contribution in [0.25, 0.3) is 0 Å². The first-order valence-electron chi connectivity index (χ1n) is 10.7. The van der Waals surface area contributed by atoms with Crippen LogP contribution in [0.1, 0.15) is 43.7 Å². The third-order valence-electron chi connectivity index (χ3n) is 5.72. The number of nitrogens with zero attached hydrogens (tertiary/aromatic N) is 1. The smallest absolute Gasteiger partial charge is 0.261 e. The lowest BCUT2D eigenvalue weighted by atomic mass is 10.1. The van der Waals surface area contributed by atoms with Crippen molar-refractivity contribution in [1.82, 2.24) is 10.2 Å². The first-order valence-corrected chi connectivity index (χ1v) is 11.8. The molecule has 0 unspecified atom stereocenters. The summed E-state index contributed by atoms with van der Waals surface area (Å²) in [6.07, 6.45) is 4.15. The normalized spacial score (nSPS) is 14.8. The lowest BCUT2D eigenvalue weighted by Gasteiger charge is -2.30. The number of hydrogen-bond acceptors (Lipinski definition) is 3. The molecule has 0 radical (unpaired) electrons. The fourth-order valence-electron chi connectivity index (χ4n) is 3.74. The highest BCUT2D eigenvalue weighted by Gasteiger charge is 2.29. The molecule has 0 spiro atoms. The summed E-state index contributed by atoms with van der Waals surface area (Å²) in [6.45, 7) is 3.53. The molecule has 2 amide bonds. The minimum absolute atomic E-state index is 0.161. The Kier molecular flexibility index (Phi) is 8.69. The molecule has 1 aliphatic rings. The number of nitrogens with one attached hydrogen (secondary N) is 1. The average Bonchev–Trinajstić information content (AvgIpc) is 3.26. The number of amides is 2. The Balaban J connectivity index is 1.75. The summed E-state index contributed by atoms with van der Waals surface area (Å²) < 4.78 is 5.70. The van der Waals surface area contributed by atoms with Crippen molar-refractivity contribution >= 4 is 46.6 Å². The van der Waals surface area contributed by atoms with E-state index in [0.29, 0.717) is 26.4 Å². The number of hydrogen-bond donors (Lipinski definition) is 1. The van der Waals surface area contributed by atoms with Crippen molar-refractivity contribution in [2.75, 3.05) is 6.61 Å². The van der Waals surface area contributed by atoms with Gasteiger partial charge in [0.05, 0.1) is 0 Å². The van der Waals surface area contributed by atoms with Gasteiger partial charge in [0.2, 0.25) is 5.91 Å². The van der Waals surface area contributed by atoms with E-state index in [0.717, 1.165) is 31.2 Å². The fraction of sp³-hybridized carbons (Fsp3) is 0.417. The summed E-state index contributed by atoms with van der Waals surface area (Å²) in [5, 5.41) is 4.64. The van der Waals surface area contributed by atoms with Crippen molar-refractivity contribution < 1.29 is 14.3 Å². The van der Waals surface area contributed by atoms with Crippen LogP contribution in [0.4, 0.5) is 0 Å². The third-order valence-corrected chi connectivity index (χ3v) is 6.73. The molecular weight excluding hydrogens is 471 g/mol. The summed E-state index contributed by atoms with van der Waals surface area (Å²) in [5.41, 5.74) is 1.55. The zero-order valence-electron chi connectivity index (χ0n) is 18.2. The van der Waals surface area contributed by atoms with Gasteiger partial charge >= 0.3 is 0 Å². The van der Waals surface area contributed by atoms with Crippen LogP contribution in [-0.2, 0) is 16.1 Å². The standard InChI is InChI=1S/C24H27Cl3N2O3/c1-15-11-20(9-10-21(15)26)32-14-23(30)29(13-17-7-8-18(25)12-22(17)27)16(2)24(31)28-19-5-3-4-6-19/h7-12,16,19H,3-6,13-14H2,1-2H3,(H,28,31)/t16-/m1/s1. The van der Waals surface area contributed by atoms with Crippen molar-refractivity contribution in [3.05, 3.63) is 62.6 Å². The van der Waals surface area contributed by atoms with Crippen LogP contribution in [0.15, 0.2) is 36.4 Å². The van der Waals surface area contributed by atoms with Gasteiger partial charge in [0, 0.05) is 27.7 Å². The van der Waals surface area contributed by atoms with Crippen LogP contribution < -0.4 is 10.1 Å². The highest BCUT2D eigenvalue weighted by Crippen LogP contribution is 2.25. The van der Waals surface area contributed by atoms with Crippen LogP contribution in [0.2, 0.25) is 15.1 Å². The van der Waals surface area contributed by atoms with E-state index < -0.39 is 6.04 Å². The van der Waals surface area contributed by atoms with Gasteiger partial charge in [0.15, 0.2) is 6.61 Å². The van der Waals surface area contributed by atoms with Crippen molar-refractivity contribution in [3.63, 3.8) is 0 Å². The molecule has 2 aromatic rings. The number of ether oxygens (including phenoxy) is 1. The molecule has 0 aliphatic heterocycles. The Labute approximate surface area is 204 Å². The predicted octanol–water partition coefficient (Wildman–Crippen LogP) is 5.81. The fourth-order valence-corrected chi connectivity index (χ4v) is 4.33. The monoisotopic (exact) mass is 496 g/mol. The van der Waals surface area contributed by atoms with Crippen molar-refractivity contribution in [3.8, 4) is 5.75 Å². The second kappa shape index (κ2) is 11.3. The minimum Gasteiger partial charge on any atom is -0.484 e. The molecule has 1 fully saturated rings. The highest BCUT2D eigenvalue weighted by molar-refractivity contribution is 6.35.